The van der Waals surface area contributed by atoms with E-state index in [0.29, 0.717) is 38.4 Å². The molecule has 0 aliphatic carbocycles. The predicted octanol–water partition coefficient (Wildman–Crippen LogP) is 3.39. The van der Waals surface area contributed by atoms with Crippen LogP contribution in [0.2, 0.25) is 0 Å². The van der Waals surface area contributed by atoms with Crippen LogP contribution >= 0.6 is 24.0 Å². The second-order valence-corrected chi connectivity index (χ2v) is 6.48. The number of nitrogens with one attached hydrogen (secondary N) is 2. The Kier molecular flexibility index (Phi) is 7.78. The summed E-state index contributed by atoms with van der Waals surface area (Å²) in [5, 5.41) is 7.45. The summed E-state index contributed by atoms with van der Waals surface area (Å²) < 4.78 is 43.1. The molecule has 1 aliphatic heterocycles. The maximum atomic E-state index is 12.5. The molecule has 27 heavy (non-hydrogen) atoms. The number of hydrogen-bond acceptors (Lipinski definition) is 3. The standard InChI is InChI=1S/C18H23F3N4O.HI/c1-22-17(24-14-7-9-25(11-14)12-18(19,20)21)23-8-6-15-10-13-4-2-3-5-16(13)26-15;/h2-5,10,14H,6-9,11-12H2,1H3,(H2,22,23,24);1H. The lowest BCUT2D eigenvalue weighted by Crippen LogP contribution is -2.45. The Morgan fingerprint density at radius 2 is 2.11 bits per heavy atom. The molecule has 0 bridgehead atoms. The number of rotatable bonds is 5. The number of benzene rings is 1. The molecule has 1 saturated heterocycles. The molecule has 0 saturated carbocycles. The number of halogens is 4. The average molecular weight is 496 g/mol. The molecule has 0 spiro atoms. The van der Waals surface area contributed by atoms with Crippen LogP contribution in [-0.2, 0) is 6.42 Å². The first-order valence-electron chi connectivity index (χ1n) is 8.67. The smallest absolute Gasteiger partial charge is 0.401 e. The molecule has 1 aromatic carbocycles. The third kappa shape index (κ3) is 6.56. The van der Waals surface area contributed by atoms with E-state index in [0.717, 1.165) is 16.7 Å². The van der Waals surface area contributed by atoms with Crippen LogP contribution in [0.5, 0.6) is 0 Å². The van der Waals surface area contributed by atoms with E-state index in [1.165, 1.54) is 4.90 Å². The fourth-order valence-electron chi connectivity index (χ4n) is 3.20. The van der Waals surface area contributed by atoms with Crippen molar-refractivity contribution in [3.63, 3.8) is 0 Å². The lowest BCUT2D eigenvalue weighted by Gasteiger charge is -2.19. The van der Waals surface area contributed by atoms with Crippen molar-refractivity contribution in [2.24, 2.45) is 4.99 Å². The highest BCUT2D eigenvalue weighted by Gasteiger charge is 2.34. The molecular formula is C18H24F3IN4O. The molecule has 2 N–H and O–H groups in total. The van der Waals surface area contributed by atoms with Gasteiger partial charge in [-0.3, -0.25) is 9.89 Å². The lowest BCUT2D eigenvalue weighted by atomic mass is 10.2. The van der Waals surface area contributed by atoms with Gasteiger partial charge in [0.25, 0.3) is 0 Å². The molecule has 3 rings (SSSR count). The van der Waals surface area contributed by atoms with Crippen LogP contribution in [0.1, 0.15) is 12.2 Å². The number of para-hydroxylation sites is 1. The van der Waals surface area contributed by atoms with Gasteiger partial charge in [0.15, 0.2) is 5.96 Å². The summed E-state index contributed by atoms with van der Waals surface area (Å²) in [6, 6.07) is 9.81. The van der Waals surface area contributed by atoms with Crippen molar-refractivity contribution in [1.82, 2.24) is 15.5 Å². The minimum absolute atomic E-state index is 0. The van der Waals surface area contributed by atoms with Gasteiger partial charge in [0, 0.05) is 44.5 Å². The maximum Gasteiger partial charge on any atom is 0.401 e. The van der Waals surface area contributed by atoms with E-state index in [2.05, 4.69) is 15.6 Å². The van der Waals surface area contributed by atoms with E-state index < -0.39 is 12.7 Å². The molecule has 150 valence electrons. The fourth-order valence-corrected chi connectivity index (χ4v) is 3.20. The summed E-state index contributed by atoms with van der Waals surface area (Å²) in [4.78, 5) is 5.56. The van der Waals surface area contributed by atoms with E-state index in [4.69, 9.17) is 4.42 Å². The van der Waals surface area contributed by atoms with Gasteiger partial charge >= 0.3 is 6.18 Å². The summed E-state index contributed by atoms with van der Waals surface area (Å²) in [5.41, 5.74) is 0.862. The van der Waals surface area contributed by atoms with Crippen molar-refractivity contribution < 1.29 is 17.6 Å². The Morgan fingerprint density at radius 3 is 2.81 bits per heavy atom. The monoisotopic (exact) mass is 496 g/mol. The van der Waals surface area contributed by atoms with E-state index in [9.17, 15) is 13.2 Å². The maximum absolute atomic E-state index is 12.5. The minimum atomic E-state index is -4.15. The first kappa shape index (κ1) is 21.8. The minimum Gasteiger partial charge on any atom is -0.461 e. The largest absolute Gasteiger partial charge is 0.461 e. The van der Waals surface area contributed by atoms with Gasteiger partial charge in [-0.1, -0.05) is 18.2 Å². The van der Waals surface area contributed by atoms with Gasteiger partial charge in [0.2, 0.25) is 0 Å². The molecule has 1 fully saturated rings. The first-order chi connectivity index (χ1) is 12.4. The second kappa shape index (κ2) is 9.63. The highest BCUT2D eigenvalue weighted by molar-refractivity contribution is 14.0. The van der Waals surface area contributed by atoms with E-state index in [-0.39, 0.29) is 30.0 Å². The van der Waals surface area contributed by atoms with Crippen LogP contribution in [0.15, 0.2) is 39.7 Å². The fraction of sp³-hybridized carbons (Fsp3) is 0.500. The zero-order valence-corrected chi connectivity index (χ0v) is 17.4. The number of guanidine groups is 1. The predicted molar refractivity (Wildman–Crippen MR) is 111 cm³/mol. The number of fused-ring (bicyclic) bond motifs is 1. The zero-order valence-electron chi connectivity index (χ0n) is 15.1. The molecule has 0 radical (unpaired) electrons. The van der Waals surface area contributed by atoms with E-state index in [1.54, 1.807) is 7.05 Å². The van der Waals surface area contributed by atoms with Crippen LogP contribution in [0, 0.1) is 0 Å². The van der Waals surface area contributed by atoms with Crippen molar-refractivity contribution in [2.75, 3.05) is 33.2 Å². The normalized spacial score (nSPS) is 18.5. The number of aliphatic imine (C=N–C) groups is 1. The number of furan rings is 1. The van der Waals surface area contributed by atoms with Crippen molar-refractivity contribution in [3.05, 3.63) is 36.1 Å². The summed E-state index contributed by atoms with van der Waals surface area (Å²) in [7, 11) is 1.65. The Morgan fingerprint density at radius 1 is 1.33 bits per heavy atom. The first-order valence-corrected chi connectivity index (χ1v) is 8.67. The van der Waals surface area contributed by atoms with Gasteiger partial charge in [0.05, 0.1) is 6.54 Å². The molecule has 1 atom stereocenters. The third-order valence-electron chi connectivity index (χ3n) is 4.38. The molecule has 2 heterocycles. The Bertz CT molecular complexity index is 729. The van der Waals surface area contributed by atoms with Crippen LogP contribution in [0.25, 0.3) is 11.0 Å². The molecular weight excluding hydrogens is 472 g/mol. The van der Waals surface area contributed by atoms with Gasteiger partial charge in [-0.25, -0.2) is 0 Å². The van der Waals surface area contributed by atoms with Crippen LogP contribution in [0.4, 0.5) is 13.2 Å². The number of hydrogen-bond donors (Lipinski definition) is 2. The number of likely N-dealkylation sites (tertiary alicyclic amines) is 1. The molecule has 1 aliphatic rings. The molecule has 2 aromatic rings. The van der Waals surface area contributed by atoms with Crippen molar-refractivity contribution >= 4 is 40.9 Å². The molecule has 0 amide bonds. The van der Waals surface area contributed by atoms with Crippen LogP contribution in [0.3, 0.4) is 0 Å². The van der Waals surface area contributed by atoms with Gasteiger partial charge < -0.3 is 15.1 Å². The van der Waals surface area contributed by atoms with Crippen molar-refractivity contribution in [3.8, 4) is 0 Å². The summed E-state index contributed by atoms with van der Waals surface area (Å²) >= 11 is 0. The Labute approximate surface area is 173 Å². The van der Waals surface area contributed by atoms with E-state index in [1.807, 2.05) is 30.3 Å². The molecule has 9 heteroatoms. The quantitative estimate of drug-likeness (QED) is 0.379. The summed E-state index contributed by atoms with van der Waals surface area (Å²) in [6.45, 7) is 0.568. The summed E-state index contributed by atoms with van der Waals surface area (Å²) in [6.07, 6.45) is -2.79. The second-order valence-electron chi connectivity index (χ2n) is 6.48. The lowest BCUT2D eigenvalue weighted by molar-refractivity contribution is -0.143. The van der Waals surface area contributed by atoms with Gasteiger partial charge in [-0.2, -0.15) is 13.2 Å². The highest BCUT2D eigenvalue weighted by atomic mass is 127. The zero-order chi connectivity index (χ0) is 18.6. The van der Waals surface area contributed by atoms with Crippen LogP contribution < -0.4 is 10.6 Å². The van der Waals surface area contributed by atoms with Crippen molar-refractivity contribution in [2.45, 2.75) is 25.1 Å². The molecule has 1 aromatic heterocycles. The topological polar surface area (TPSA) is 52.8 Å². The average Bonchev–Trinajstić information content (AvgIpc) is 3.18. The summed E-state index contributed by atoms with van der Waals surface area (Å²) in [5.74, 6) is 1.48. The van der Waals surface area contributed by atoms with Gasteiger partial charge in [0.1, 0.15) is 11.3 Å². The molecule has 1 unspecified atom stereocenters. The van der Waals surface area contributed by atoms with Crippen LogP contribution in [-0.4, -0.2) is 56.3 Å². The Hall–Kier alpha value is -1.49. The highest BCUT2D eigenvalue weighted by Crippen LogP contribution is 2.20. The van der Waals surface area contributed by atoms with E-state index >= 15 is 0 Å². The van der Waals surface area contributed by atoms with Gasteiger partial charge in [-0.15, -0.1) is 24.0 Å². The number of alkyl halides is 3. The molecule has 5 nitrogen and oxygen atoms in total. The van der Waals surface area contributed by atoms with Crippen molar-refractivity contribution in [1.29, 1.82) is 0 Å². The number of nitrogens with zero attached hydrogens (tertiary/aromatic N) is 2. The van der Waals surface area contributed by atoms with Gasteiger partial charge in [-0.05, 0) is 18.6 Å². The Balaban J connectivity index is 0.00000261. The SMILES string of the molecule is CN=C(NCCc1cc2ccccc2o1)NC1CCN(CC(F)(F)F)C1.I. The third-order valence-corrected chi connectivity index (χ3v) is 4.38.